The van der Waals surface area contributed by atoms with Crippen LogP contribution in [0.3, 0.4) is 0 Å². The zero-order chi connectivity index (χ0) is 8.55. The van der Waals surface area contributed by atoms with Gasteiger partial charge in [-0.2, -0.15) is 10.5 Å². The second-order valence-electron chi connectivity index (χ2n) is 3.60. The summed E-state index contributed by atoms with van der Waals surface area (Å²) in [5, 5.41) is 17.8. The SMILES string of the molecule is N#CC1C2C=C[C@@H](CC2)[C@@H]1C#N. The van der Waals surface area contributed by atoms with Crippen LogP contribution in [0, 0.1) is 46.3 Å². The quantitative estimate of drug-likeness (QED) is 0.505. The first kappa shape index (κ1) is 7.37. The number of hydrogen-bond donors (Lipinski definition) is 0. The maximum absolute atomic E-state index is 8.88. The first-order chi connectivity index (χ1) is 5.86. The van der Waals surface area contributed by atoms with Gasteiger partial charge in [0.1, 0.15) is 0 Å². The average Bonchev–Trinajstić information content (AvgIpc) is 2.18. The van der Waals surface area contributed by atoms with Gasteiger partial charge in [-0.3, -0.25) is 0 Å². The molecule has 0 amide bonds. The van der Waals surface area contributed by atoms with Gasteiger partial charge in [-0.25, -0.2) is 0 Å². The predicted octanol–water partition coefficient (Wildman–Crippen LogP) is 1.86. The Bertz CT molecular complexity index is 262. The molecule has 0 aromatic heterocycles. The van der Waals surface area contributed by atoms with Crippen molar-refractivity contribution in [2.75, 3.05) is 0 Å². The van der Waals surface area contributed by atoms with E-state index in [1.807, 2.05) is 0 Å². The Balaban J connectivity index is 2.33. The van der Waals surface area contributed by atoms with Crippen LogP contribution in [-0.4, -0.2) is 0 Å². The Morgan fingerprint density at radius 1 is 0.917 bits per heavy atom. The molecule has 2 unspecified atom stereocenters. The van der Waals surface area contributed by atoms with Crippen molar-refractivity contribution in [1.82, 2.24) is 0 Å². The van der Waals surface area contributed by atoms with Crippen LogP contribution in [0.2, 0.25) is 0 Å². The van der Waals surface area contributed by atoms with Crippen molar-refractivity contribution in [2.45, 2.75) is 12.8 Å². The molecule has 0 N–H and O–H groups in total. The van der Waals surface area contributed by atoms with E-state index in [0.29, 0.717) is 11.8 Å². The smallest absolute Gasteiger partial charge is 0.0689 e. The molecule has 3 rings (SSSR count). The molecular formula is C10H10N2. The molecule has 0 saturated heterocycles. The van der Waals surface area contributed by atoms with Gasteiger partial charge in [-0.05, 0) is 24.7 Å². The lowest BCUT2D eigenvalue weighted by molar-refractivity contribution is 0.209. The summed E-state index contributed by atoms with van der Waals surface area (Å²) in [5.41, 5.74) is 0. The molecule has 60 valence electrons. The lowest BCUT2D eigenvalue weighted by Crippen LogP contribution is -2.35. The van der Waals surface area contributed by atoms with Crippen molar-refractivity contribution in [1.29, 1.82) is 10.5 Å². The fraction of sp³-hybridized carbons (Fsp3) is 0.600. The highest BCUT2D eigenvalue weighted by Gasteiger charge is 2.40. The van der Waals surface area contributed by atoms with Crippen molar-refractivity contribution in [3.05, 3.63) is 12.2 Å². The minimum absolute atomic E-state index is 0.0428. The molecule has 1 fully saturated rings. The largest absolute Gasteiger partial charge is 0.198 e. The standard InChI is InChI=1S/C10H10N2/c11-5-9-7-1-2-8(4-3-7)10(9)6-12/h1-2,7-10H,3-4H2/t7-,8?,9-,10?/m0/s1. The van der Waals surface area contributed by atoms with Crippen LogP contribution in [0.25, 0.3) is 0 Å². The Morgan fingerprint density at radius 2 is 1.33 bits per heavy atom. The summed E-state index contributed by atoms with van der Waals surface area (Å²) in [6.07, 6.45) is 6.43. The number of fused-ring (bicyclic) bond motifs is 2. The summed E-state index contributed by atoms with van der Waals surface area (Å²) < 4.78 is 0. The molecule has 0 aromatic rings. The van der Waals surface area contributed by atoms with Crippen LogP contribution in [0.5, 0.6) is 0 Å². The fourth-order valence-corrected chi connectivity index (χ4v) is 2.35. The molecule has 2 bridgehead atoms. The molecule has 1 saturated carbocycles. The number of hydrogen-bond acceptors (Lipinski definition) is 2. The normalized spacial score (nSPS) is 43.5. The van der Waals surface area contributed by atoms with Crippen LogP contribution >= 0.6 is 0 Å². The Labute approximate surface area is 72.1 Å². The highest BCUT2D eigenvalue weighted by molar-refractivity contribution is 5.18. The monoisotopic (exact) mass is 158 g/mol. The summed E-state index contributed by atoms with van der Waals surface area (Å²) in [7, 11) is 0. The third kappa shape index (κ3) is 0.850. The third-order valence-electron chi connectivity index (χ3n) is 3.05. The maximum Gasteiger partial charge on any atom is 0.0689 e. The topological polar surface area (TPSA) is 47.6 Å². The second-order valence-corrected chi connectivity index (χ2v) is 3.60. The lowest BCUT2D eigenvalue weighted by atomic mass is 9.63. The highest BCUT2D eigenvalue weighted by atomic mass is 14.5. The van der Waals surface area contributed by atoms with E-state index in [4.69, 9.17) is 10.5 Å². The van der Waals surface area contributed by atoms with E-state index in [1.165, 1.54) is 0 Å². The van der Waals surface area contributed by atoms with Crippen molar-refractivity contribution >= 4 is 0 Å². The molecule has 0 heterocycles. The van der Waals surface area contributed by atoms with Crippen molar-refractivity contribution in [3.8, 4) is 12.1 Å². The van der Waals surface area contributed by atoms with Gasteiger partial charge in [0.25, 0.3) is 0 Å². The van der Waals surface area contributed by atoms with E-state index >= 15 is 0 Å². The van der Waals surface area contributed by atoms with Gasteiger partial charge in [0.15, 0.2) is 0 Å². The fourth-order valence-electron chi connectivity index (χ4n) is 2.35. The van der Waals surface area contributed by atoms with Crippen LogP contribution < -0.4 is 0 Å². The minimum Gasteiger partial charge on any atom is -0.198 e. The van der Waals surface area contributed by atoms with Gasteiger partial charge in [-0.1, -0.05) is 12.2 Å². The molecule has 3 aliphatic carbocycles. The molecule has 3 aliphatic rings. The van der Waals surface area contributed by atoms with E-state index in [-0.39, 0.29) is 11.8 Å². The zero-order valence-corrected chi connectivity index (χ0v) is 6.77. The van der Waals surface area contributed by atoms with Gasteiger partial charge < -0.3 is 0 Å². The van der Waals surface area contributed by atoms with Crippen LogP contribution in [0.1, 0.15) is 12.8 Å². The minimum atomic E-state index is -0.0428. The molecular weight excluding hydrogens is 148 g/mol. The van der Waals surface area contributed by atoms with Gasteiger partial charge in [0.2, 0.25) is 0 Å². The summed E-state index contributed by atoms with van der Waals surface area (Å²) in [6, 6.07) is 4.53. The number of allylic oxidation sites excluding steroid dienone is 2. The summed E-state index contributed by atoms with van der Waals surface area (Å²) in [5.74, 6) is 0.617. The van der Waals surface area contributed by atoms with Gasteiger partial charge in [0.05, 0.1) is 24.0 Å². The number of rotatable bonds is 0. The second kappa shape index (κ2) is 2.64. The van der Waals surface area contributed by atoms with Crippen molar-refractivity contribution in [2.24, 2.45) is 23.7 Å². The molecule has 2 heteroatoms. The first-order valence-corrected chi connectivity index (χ1v) is 4.34. The summed E-state index contributed by atoms with van der Waals surface area (Å²) in [4.78, 5) is 0. The molecule has 2 nitrogen and oxygen atoms in total. The molecule has 0 aliphatic heterocycles. The highest BCUT2D eigenvalue weighted by Crippen LogP contribution is 2.43. The lowest BCUT2D eigenvalue weighted by Gasteiger charge is -2.38. The van der Waals surface area contributed by atoms with E-state index in [1.54, 1.807) is 0 Å². The van der Waals surface area contributed by atoms with Gasteiger partial charge in [-0.15, -0.1) is 0 Å². The Morgan fingerprint density at radius 3 is 1.58 bits per heavy atom. The van der Waals surface area contributed by atoms with Crippen molar-refractivity contribution < 1.29 is 0 Å². The van der Waals surface area contributed by atoms with Crippen molar-refractivity contribution in [3.63, 3.8) is 0 Å². The van der Waals surface area contributed by atoms with Gasteiger partial charge in [0, 0.05) is 0 Å². The first-order valence-electron chi connectivity index (χ1n) is 4.34. The van der Waals surface area contributed by atoms with Crippen LogP contribution in [0.15, 0.2) is 12.2 Å². The Kier molecular flexibility index (Phi) is 1.62. The summed E-state index contributed by atoms with van der Waals surface area (Å²) >= 11 is 0. The molecule has 4 atom stereocenters. The van der Waals surface area contributed by atoms with Crippen LogP contribution in [0.4, 0.5) is 0 Å². The third-order valence-corrected chi connectivity index (χ3v) is 3.05. The molecule has 0 aromatic carbocycles. The maximum atomic E-state index is 8.88. The summed E-state index contributed by atoms with van der Waals surface area (Å²) in [6.45, 7) is 0. The van der Waals surface area contributed by atoms with E-state index < -0.39 is 0 Å². The number of nitrogens with zero attached hydrogens (tertiary/aromatic N) is 2. The molecule has 12 heavy (non-hydrogen) atoms. The molecule has 0 radical (unpaired) electrons. The number of nitriles is 2. The van der Waals surface area contributed by atoms with Gasteiger partial charge >= 0.3 is 0 Å². The predicted molar refractivity (Wildman–Crippen MR) is 43.6 cm³/mol. The van der Waals surface area contributed by atoms with Crippen LogP contribution in [-0.2, 0) is 0 Å². The Hall–Kier alpha value is -1.28. The van der Waals surface area contributed by atoms with E-state index in [0.717, 1.165) is 12.8 Å². The van der Waals surface area contributed by atoms with E-state index in [9.17, 15) is 0 Å². The molecule has 0 spiro atoms. The zero-order valence-electron chi connectivity index (χ0n) is 6.77. The average molecular weight is 158 g/mol. The van der Waals surface area contributed by atoms with E-state index in [2.05, 4.69) is 24.3 Å².